The van der Waals surface area contributed by atoms with E-state index in [1.165, 1.54) is 13.0 Å². The maximum absolute atomic E-state index is 12.8. The van der Waals surface area contributed by atoms with Crippen molar-refractivity contribution in [3.05, 3.63) is 60.0 Å². The summed E-state index contributed by atoms with van der Waals surface area (Å²) >= 11 is 0. The molecule has 30 heavy (non-hydrogen) atoms. The van der Waals surface area contributed by atoms with E-state index in [0.717, 1.165) is 5.69 Å². The molecule has 0 fully saturated rings. The van der Waals surface area contributed by atoms with Gasteiger partial charge in [0, 0.05) is 18.0 Å². The normalized spacial score (nSPS) is 14.8. The first-order valence-electron chi connectivity index (χ1n) is 9.49. The van der Waals surface area contributed by atoms with Gasteiger partial charge < -0.3 is 19.1 Å². The second-order valence-corrected chi connectivity index (χ2v) is 7.85. The van der Waals surface area contributed by atoms with Gasteiger partial charge in [0.15, 0.2) is 17.4 Å². The van der Waals surface area contributed by atoms with Crippen molar-refractivity contribution in [2.24, 2.45) is 5.41 Å². The number of hydrogen-bond donors (Lipinski definition) is 0. The summed E-state index contributed by atoms with van der Waals surface area (Å²) in [7, 11) is 1.82. The maximum Gasteiger partial charge on any atom is 0.341 e. The first-order chi connectivity index (χ1) is 14.0. The largest absolute Gasteiger partial charge is 0.459 e. The number of hydrogen-bond acceptors (Lipinski definition) is 7. The van der Waals surface area contributed by atoms with Gasteiger partial charge in [-0.25, -0.2) is 9.59 Å². The van der Waals surface area contributed by atoms with Crippen LogP contribution in [0.5, 0.6) is 5.75 Å². The lowest BCUT2D eigenvalue weighted by Gasteiger charge is -2.18. The predicted molar refractivity (Wildman–Crippen MR) is 113 cm³/mol. The van der Waals surface area contributed by atoms with Crippen LogP contribution in [0.25, 0.3) is 0 Å². The fourth-order valence-electron chi connectivity index (χ4n) is 2.53. The Morgan fingerprint density at radius 3 is 2.27 bits per heavy atom. The van der Waals surface area contributed by atoms with Crippen LogP contribution in [0.15, 0.2) is 60.0 Å². The van der Waals surface area contributed by atoms with Crippen molar-refractivity contribution >= 4 is 23.4 Å². The SMILES string of the molecule is C=C(C)C(=O)OCCOC(=O)/C(=C/C=C1\Oc2ccccc2N1C)C(=O)C(C)(C)C. The molecule has 1 aromatic rings. The van der Waals surface area contributed by atoms with E-state index in [0.29, 0.717) is 11.6 Å². The van der Waals surface area contributed by atoms with Crippen LogP contribution in [-0.2, 0) is 23.9 Å². The van der Waals surface area contributed by atoms with Gasteiger partial charge in [0.1, 0.15) is 18.8 Å². The van der Waals surface area contributed by atoms with Gasteiger partial charge in [0.25, 0.3) is 0 Å². The lowest BCUT2D eigenvalue weighted by Crippen LogP contribution is -2.28. The number of fused-ring (bicyclic) bond motifs is 1. The Morgan fingerprint density at radius 2 is 1.70 bits per heavy atom. The second kappa shape index (κ2) is 9.43. The minimum atomic E-state index is -0.795. The van der Waals surface area contributed by atoms with Crippen molar-refractivity contribution in [1.82, 2.24) is 0 Å². The molecule has 0 atom stereocenters. The molecule has 0 spiro atoms. The molecular formula is C23H27NO6. The van der Waals surface area contributed by atoms with Crippen LogP contribution in [0.1, 0.15) is 27.7 Å². The summed E-state index contributed by atoms with van der Waals surface area (Å²) in [6.07, 6.45) is 2.95. The second-order valence-electron chi connectivity index (χ2n) is 7.85. The van der Waals surface area contributed by atoms with Gasteiger partial charge in [-0.3, -0.25) is 4.79 Å². The number of ether oxygens (including phenoxy) is 3. The van der Waals surface area contributed by atoms with E-state index in [1.807, 2.05) is 36.2 Å². The number of ketones is 1. The fourth-order valence-corrected chi connectivity index (χ4v) is 2.53. The summed E-state index contributed by atoms with van der Waals surface area (Å²) in [5.74, 6) is -0.583. The third-order valence-corrected chi connectivity index (χ3v) is 4.21. The van der Waals surface area contributed by atoms with Crippen LogP contribution < -0.4 is 9.64 Å². The van der Waals surface area contributed by atoms with Crippen LogP contribution >= 0.6 is 0 Å². The number of benzene rings is 1. The number of Topliss-reactive ketones (excluding diaryl/α,β-unsaturated/α-hetero) is 1. The van der Waals surface area contributed by atoms with E-state index in [-0.39, 0.29) is 30.1 Å². The Labute approximate surface area is 176 Å². The predicted octanol–water partition coefficient (Wildman–Crippen LogP) is 3.56. The number of para-hydroxylation sites is 2. The molecule has 0 N–H and O–H groups in total. The lowest BCUT2D eigenvalue weighted by atomic mass is 9.86. The minimum Gasteiger partial charge on any atom is -0.459 e. The van der Waals surface area contributed by atoms with E-state index < -0.39 is 17.4 Å². The highest BCUT2D eigenvalue weighted by Crippen LogP contribution is 2.37. The van der Waals surface area contributed by atoms with Crippen LogP contribution in [-0.4, -0.2) is 38.0 Å². The Morgan fingerprint density at radius 1 is 1.10 bits per heavy atom. The number of allylic oxidation sites excluding steroid dienone is 2. The fraction of sp³-hybridized carbons (Fsp3) is 0.348. The summed E-state index contributed by atoms with van der Waals surface area (Å²) in [6, 6.07) is 7.49. The summed E-state index contributed by atoms with van der Waals surface area (Å²) in [4.78, 5) is 38.5. The maximum atomic E-state index is 12.8. The average Bonchev–Trinajstić information content (AvgIpc) is 3.00. The zero-order chi connectivity index (χ0) is 22.5. The molecule has 0 radical (unpaired) electrons. The van der Waals surface area contributed by atoms with Crippen LogP contribution in [0.3, 0.4) is 0 Å². The number of anilines is 1. The number of rotatable bonds is 7. The first kappa shape index (κ1) is 22.9. The zero-order valence-corrected chi connectivity index (χ0v) is 18.0. The average molecular weight is 413 g/mol. The van der Waals surface area contributed by atoms with Gasteiger partial charge in [-0.2, -0.15) is 0 Å². The molecule has 2 rings (SSSR count). The molecule has 0 saturated heterocycles. The molecule has 7 heteroatoms. The molecule has 1 aliphatic heterocycles. The summed E-state index contributed by atoms with van der Waals surface area (Å²) in [5, 5.41) is 0. The molecule has 0 aromatic heterocycles. The smallest absolute Gasteiger partial charge is 0.341 e. The molecule has 1 aliphatic rings. The molecule has 0 saturated carbocycles. The summed E-state index contributed by atoms with van der Waals surface area (Å²) in [5.41, 5.74) is 0.219. The quantitative estimate of drug-likeness (QED) is 0.222. The van der Waals surface area contributed by atoms with Gasteiger partial charge in [-0.1, -0.05) is 39.5 Å². The topological polar surface area (TPSA) is 82.1 Å². The Kier molecular flexibility index (Phi) is 7.21. The van der Waals surface area contributed by atoms with Crippen molar-refractivity contribution < 1.29 is 28.6 Å². The standard InChI is InChI=1S/C23H27NO6/c1-15(2)21(26)28-13-14-29-22(27)16(20(25)23(3,4)5)11-12-19-24(6)17-9-7-8-10-18(17)30-19/h7-12H,1,13-14H2,2-6H3/b16-11+,19-12-. The summed E-state index contributed by atoms with van der Waals surface area (Å²) < 4.78 is 15.8. The number of carbonyl (C=O) groups is 3. The van der Waals surface area contributed by atoms with E-state index in [9.17, 15) is 14.4 Å². The number of nitrogens with zero attached hydrogens (tertiary/aromatic N) is 1. The molecule has 0 bridgehead atoms. The van der Waals surface area contributed by atoms with Crippen LogP contribution in [0.2, 0.25) is 0 Å². The van der Waals surface area contributed by atoms with Gasteiger partial charge in [-0.05, 0) is 31.2 Å². The Hall–Kier alpha value is -3.35. The molecule has 0 unspecified atom stereocenters. The molecule has 1 aromatic carbocycles. The molecule has 160 valence electrons. The Bertz CT molecular complexity index is 920. The van der Waals surface area contributed by atoms with Crippen molar-refractivity contribution in [3.8, 4) is 5.75 Å². The Balaban J connectivity index is 2.16. The van der Waals surface area contributed by atoms with Crippen LogP contribution in [0.4, 0.5) is 5.69 Å². The van der Waals surface area contributed by atoms with Crippen molar-refractivity contribution in [2.75, 3.05) is 25.2 Å². The molecule has 0 amide bonds. The van der Waals surface area contributed by atoms with E-state index >= 15 is 0 Å². The van der Waals surface area contributed by atoms with E-state index in [1.54, 1.807) is 26.8 Å². The molecular weight excluding hydrogens is 386 g/mol. The van der Waals surface area contributed by atoms with Gasteiger partial charge in [-0.15, -0.1) is 0 Å². The van der Waals surface area contributed by atoms with Crippen molar-refractivity contribution in [1.29, 1.82) is 0 Å². The monoisotopic (exact) mass is 413 g/mol. The van der Waals surface area contributed by atoms with Crippen molar-refractivity contribution in [3.63, 3.8) is 0 Å². The number of carbonyl (C=O) groups excluding carboxylic acids is 3. The molecule has 0 aliphatic carbocycles. The third kappa shape index (κ3) is 5.59. The van der Waals surface area contributed by atoms with Crippen molar-refractivity contribution in [2.45, 2.75) is 27.7 Å². The molecule has 7 nitrogen and oxygen atoms in total. The zero-order valence-electron chi connectivity index (χ0n) is 18.0. The van der Waals surface area contributed by atoms with Gasteiger partial charge in [0.2, 0.25) is 0 Å². The van der Waals surface area contributed by atoms with Crippen LogP contribution in [0, 0.1) is 5.41 Å². The highest BCUT2D eigenvalue weighted by molar-refractivity contribution is 6.19. The highest BCUT2D eigenvalue weighted by Gasteiger charge is 2.30. The van der Waals surface area contributed by atoms with E-state index in [2.05, 4.69) is 6.58 Å². The van der Waals surface area contributed by atoms with E-state index in [4.69, 9.17) is 14.2 Å². The highest BCUT2D eigenvalue weighted by atomic mass is 16.6. The first-order valence-corrected chi connectivity index (χ1v) is 9.49. The number of esters is 2. The molecule has 1 heterocycles. The van der Waals surface area contributed by atoms with Gasteiger partial charge >= 0.3 is 11.9 Å². The minimum absolute atomic E-state index is 0.116. The third-order valence-electron chi connectivity index (χ3n) is 4.21. The lowest BCUT2D eigenvalue weighted by molar-refractivity contribution is -0.148. The van der Waals surface area contributed by atoms with Gasteiger partial charge in [0.05, 0.1) is 5.69 Å². The summed E-state index contributed by atoms with van der Waals surface area (Å²) in [6.45, 7) is 9.83.